The first-order valence-corrected chi connectivity index (χ1v) is 4.58. The average Bonchev–Trinajstić information content (AvgIpc) is 1.80. The largest absolute Gasteiger partial charge is 0.324 e. The fraction of sp³-hybridized carbons (Fsp3) is 1.00. The average molecular weight is 172 g/mol. The Hall–Kier alpha value is -0.0800. The lowest BCUT2D eigenvalue weighted by molar-refractivity contribution is 0.0861. The van der Waals surface area contributed by atoms with Gasteiger partial charge in [-0.1, -0.05) is 0 Å². The zero-order valence-electron chi connectivity index (χ0n) is 9.60. The van der Waals surface area contributed by atoms with Gasteiger partial charge in [0.05, 0.1) is 0 Å². The first-order chi connectivity index (χ1) is 5.07. The molecule has 12 heavy (non-hydrogen) atoms. The fourth-order valence-corrected chi connectivity index (χ4v) is 1.08. The molecule has 2 heteroatoms. The molecule has 0 saturated heterocycles. The van der Waals surface area contributed by atoms with Gasteiger partial charge in [-0.15, -0.1) is 0 Å². The molecule has 1 unspecified atom stereocenters. The molecule has 2 nitrogen and oxygen atoms in total. The van der Waals surface area contributed by atoms with Crippen LogP contribution < -0.4 is 5.73 Å². The van der Waals surface area contributed by atoms with Gasteiger partial charge < -0.3 is 5.73 Å². The Morgan fingerprint density at radius 2 is 1.42 bits per heavy atom. The maximum Gasteiger partial charge on any atom is 0.0252 e. The number of hydrogen-bond acceptors (Lipinski definition) is 2. The van der Waals surface area contributed by atoms with Crippen molar-refractivity contribution in [3.63, 3.8) is 0 Å². The van der Waals surface area contributed by atoms with Crippen molar-refractivity contribution >= 4 is 0 Å². The van der Waals surface area contributed by atoms with Crippen LogP contribution in [0.5, 0.6) is 0 Å². The van der Waals surface area contributed by atoms with Gasteiger partial charge in [0.15, 0.2) is 0 Å². The van der Waals surface area contributed by atoms with E-state index >= 15 is 0 Å². The molecule has 0 spiro atoms. The van der Waals surface area contributed by atoms with Crippen LogP contribution in [0.4, 0.5) is 0 Å². The van der Waals surface area contributed by atoms with Crippen LogP contribution >= 0.6 is 0 Å². The Labute approximate surface area is 77.1 Å². The summed E-state index contributed by atoms with van der Waals surface area (Å²) < 4.78 is 0. The van der Waals surface area contributed by atoms with Crippen molar-refractivity contribution in [2.75, 3.05) is 7.05 Å². The smallest absolute Gasteiger partial charge is 0.0252 e. The van der Waals surface area contributed by atoms with Crippen molar-refractivity contribution in [1.29, 1.82) is 0 Å². The van der Waals surface area contributed by atoms with Gasteiger partial charge in [0.1, 0.15) is 0 Å². The summed E-state index contributed by atoms with van der Waals surface area (Å²) in [6.45, 7) is 12.9. The molecule has 0 aromatic rings. The quantitative estimate of drug-likeness (QED) is 0.688. The van der Waals surface area contributed by atoms with E-state index in [1.807, 2.05) is 0 Å². The van der Waals surface area contributed by atoms with Crippen LogP contribution in [-0.4, -0.2) is 29.1 Å². The Balaban J connectivity index is 4.41. The molecular weight excluding hydrogens is 148 g/mol. The minimum Gasteiger partial charge on any atom is -0.324 e. The number of likely N-dealkylation sites (N-methyl/N-ethyl adjacent to an activating group) is 1. The molecule has 0 heterocycles. The number of hydrogen-bond donors (Lipinski definition) is 1. The molecule has 0 aromatic heterocycles. The van der Waals surface area contributed by atoms with Crippen LogP contribution in [0.1, 0.15) is 41.5 Å². The van der Waals surface area contributed by atoms with Gasteiger partial charge in [-0.05, 0) is 48.6 Å². The van der Waals surface area contributed by atoms with Crippen molar-refractivity contribution in [3.05, 3.63) is 0 Å². The minimum absolute atomic E-state index is 0.137. The van der Waals surface area contributed by atoms with Crippen LogP contribution in [0.25, 0.3) is 0 Å². The molecule has 0 aliphatic carbocycles. The zero-order valence-corrected chi connectivity index (χ0v) is 9.60. The molecule has 0 saturated carbocycles. The van der Waals surface area contributed by atoms with Crippen molar-refractivity contribution in [2.24, 2.45) is 5.73 Å². The maximum absolute atomic E-state index is 6.03. The van der Waals surface area contributed by atoms with Gasteiger partial charge >= 0.3 is 0 Å². The maximum atomic E-state index is 6.03. The van der Waals surface area contributed by atoms with Gasteiger partial charge in [0, 0.05) is 17.1 Å². The number of nitrogens with two attached hydrogens (primary N) is 1. The summed E-state index contributed by atoms with van der Waals surface area (Å²) in [7, 11) is 2.12. The van der Waals surface area contributed by atoms with E-state index in [0.717, 1.165) is 0 Å². The van der Waals surface area contributed by atoms with Gasteiger partial charge in [0.2, 0.25) is 0 Å². The molecule has 2 N–H and O–H groups in total. The molecule has 0 bridgehead atoms. The number of nitrogens with zero attached hydrogens (tertiary/aromatic N) is 1. The third-order valence-electron chi connectivity index (χ3n) is 2.72. The van der Waals surface area contributed by atoms with Crippen LogP contribution in [0.2, 0.25) is 0 Å². The Morgan fingerprint density at radius 3 is 1.50 bits per heavy atom. The van der Waals surface area contributed by atoms with E-state index < -0.39 is 0 Å². The summed E-state index contributed by atoms with van der Waals surface area (Å²) in [4.78, 5) is 2.31. The predicted octanol–water partition coefficient (Wildman–Crippen LogP) is 1.84. The van der Waals surface area contributed by atoms with Gasteiger partial charge in [0.25, 0.3) is 0 Å². The summed E-state index contributed by atoms with van der Waals surface area (Å²) in [5.41, 5.74) is 6.09. The van der Waals surface area contributed by atoms with E-state index in [0.29, 0.717) is 6.04 Å². The second-order valence-corrected chi connectivity index (χ2v) is 5.28. The summed E-state index contributed by atoms with van der Waals surface area (Å²) in [5.74, 6) is 0. The lowest BCUT2D eigenvalue weighted by Gasteiger charge is -2.43. The molecular formula is C10H24N2. The zero-order chi connectivity index (χ0) is 10.2. The minimum atomic E-state index is -0.137. The van der Waals surface area contributed by atoms with E-state index in [1.165, 1.54) is 0 Å². The SMILES string of the molecule is CC(N(C)C(C)(C)C)C(C)(C)N. The second kappa shape index (κ2) is 3.35. The van der Waals surface area contributed by atoms with E-state index in [9.17, 15) is 0 Å². The fourth-order valence-electron chi connectivity index (χ4n) is 1.08. The first kappa shape index (κ1) is 11.9. The van der Waals surface area contributed by atoms with E-state index in [4.69, 9.17) is 5.73 Å². The summed E-state index contributed by atoms with van der Waals surface area (Å²) in [6, 6.07) is 0.387. The highest BCUT2D eigenvalue weighted by Crippen LogP contribution is 2.19. The molecule has 0 radical (unpaired) electrons. The van der Waals surface area contributed by atoms with Crippen LogP contribution in [0.15, 0.2) is 0 Å². The topological polar surface area (TPSA) is 29.3 Å². The molecule has 1 atom stereocenters. The third kappa shape index (κ3) is 3.11. The Bertz CT molecular complexity index is 121. The van der Waals surface area contributed by atoms with E-state index in [1.54, 1.807) is 0 Å². The molecule has 0 aromatic carbocycles. The van der Waals surface area contributed by atoms with Crippen molar-refractivity contribution < 1.29 is 0 Å². The predicted molar refractivity (Wildman–Crippen MR) is 55.2 cm³/mol. The van der Waals surface area contributed by atoms with E-state index in [-0.39, 0.29) is 11.1 Å². The van der Waals surface area contributed by atoms with Gasteiger partial charge in [-0.25, -0.2) is 0 Å². The molecule has 0 amide bonds. The lowest BCUT2D eigenvalue weighted by Crippen LogP contribution is -2.57. The molecule has 0 aliphatic rings. The van der Waals surface area contributed by atoms with Crippen molar-refractivity contribution in [3.8, 4) is 0 Å². The summed E-state index contributed by atoms with van der Waals surface area (Å²) in [6.07, 6.45) is 0. The van der Waals surface area contributed by atoms with Crippen molar-refractivity contribution in [1.82, 2.24) is 4.90 Å². The highest BCUT2D eigenvalue weighted by Gasteiger charge is 2.30. The summed E-state index contributed by atoms with van der Waals surface area (Å²) in [5, 5.41) is 0. The lowest BCUT2D eigenvalue weighted by atomic mass is 9.92. The summed E-state index contributed by atoms with van der Waals surface area (Å²) >= 11 is 0. The standard InChI is InChI=1S/C10H24N2/c1-8(10(5,6)11)12(7)9(2,3)4/h8H,11H2,1-7H3. The molecule has 0 aliphatic heterocycles. The highest BCUT2D eigenvalue weighted by atomic mass is 15.2. The Morgan fingerprint density at radius 1 is 1.08 bits per heavy atom. The Kier molecular flexibility index (Phi) is 3.32. The monoisotopic (exact) mass is 172 g/mol. The van der Waals surface area contributed by atoms with Gasteiger partial charge in [-0.3, -0.25) is 4.90 Å². The molecule has 74 valence electrons. The molecule has 0 fully saturated rings. The van der Waals surface area contributed by atoms with Crippen molar-refractivity contribution in [2.45, 2.75) is 58.7 Å². The van der Waals surface area contributed by atoms with E-state index in [2.05, 4.69) is 53.5 Å². The normalized spacial score (nSPS) is 16.8. The van der Waals surface area contributed by atoms with Crippen LogP contribution in [-0.2, 0) is 0 Å². The second-order valence-electron chi connectivity index (χ2n) is 5.28. The first-order valence-electron chi connectivity index (χ1n) is 4.58. The van der Waals surface area contributed by atoms with Crippen LogP contribution in [0, 0.1) is 0 Å². The van der Waals surface area contributed by atoms with Crippen LogP contribution in [0.3, 0.4) is 0 Å². The molecule has 0 rings (SSSR count). The highest BCUT2D eigenvalue weighted by molar-refractivity contribution is 4.90. The third-order valence-corrected chi connectivity index (χ3v) is 2.72. The van der Waals surface area contributed by atoms with Gasteiger partial charge in [-0.2, -0.15) is 0 Å². The number of rotatable bonds is 2.